The maximum Gasteiger partial charge on any atom is 0.344 e. The standard InChI is InChI=1S/C22H25NO7/c1-6-28-22(27)19-12(2)20(23-13(19)3)21(26)15(5)30-18(25)11-29-17-9-7-8-16(10-17)14(4)24/h7-10,15,23H,6,11H2,1-5H3/t15-/m1/s1. The van der Waals surface area contributed by atoms with Crippen molar-refractivity contribution in [2.45, 2.75) is 40.7 Å². The van der Waals surface area contributed by atoms with Crippen LogP contribution in [0.5, 0.6) is 5.75 Å². The second-order valence-corrected chi connectivity index (χ2v) is 6.71. The van der Waals surface area contributed by atoms with Crippen LogP contribution >= 0.6 is 0 Å². The summed E-state index contributed by atoms with van der Waals surface area (Å²) >= 11 is 0. The second kappa shape index (κ2) is 9.87. The van der Waals surface area contributed by atoms with Gasteiger partial charge in [-0.25, -0.2) is 9.59 Å². The molecule has 1 aromatic carbocycles. The SMILES string of the molecule is CCOC(=O)c1c(C)[nH]c(C(=O)[C@@H](C)OC(=O)COc2cccc(C(C)=O)c2)c1C. The fourth-order valence-electron chi connectivity index (χ4n) is 2.94. The van der Waals surface area contributed by atoms with Crippen LogP contribution in [0, 0.1) is 13.8 Å². The van der Waals surface area contributed by atoms with Crippen molar-refractivity contribution in [2.75, 3.05) is 13.2 Å². The van der Waals surface area contributed by atoms with Gasteiger partial charge in [0, 0.05) is 11.3 Å². The van der Waals surface area contributed by atoms with Gasteiger partial charge in [-0.2, -0.15) is 0 Å². The molecule has 0 aliphatic rings. The van der Waals surface area contributed by atoms with Gasteiger partial charge in [-0.15, -0.1) is 0 Å². The second-order valence-electron chi connectivity index (χ2n) is 6.71. The number of H-pyrrole nitrogens is 1. The number of nitrogens with one attached hydrogen (secondary N) is 1. The number of aromatic nitrogens is 1. The Bertz CT molecular complexity index is 974. The molecular formula is C22H25NO7. The fraction of sp³-hybridized carbons (Fsp3) is 0.364. The molecule has 1 heterocycles. The highest BCUT2D eigenvalue weighted by Crippen LogP contribution is 2.21. The Hall–Kier alpha value is -3.42. The molecule has 0 fully saturated rings. The van der Waals surface area contributed by atoms with E-state index in [1.165, 1.54) is 19.9 Å². The van der Waals surface area contributed by atoms with Crippen LogP contribution in [-0.4, -0.2) is 47.8 Å². The summed E-state index contributed by atoms with van der Waals surface area (Å²) in [6.45, 7) is 7.65. The van der Waals surface area contributed by atoms with Crippen LogP contribution in [0.3, 0.4) is 0 Å². The van der Waals surface area contributed by atoms with Gasteiger partial charge in [-0.3, -0.25) is 9.59 Å². The van der Waals surface area contributed by atoms with E-state index >= 15 is 0 Å². The number of rotatable bonds is 9. The van der Waals surface area contributed by atoms with Gasteiger partial charge in [-0.1, -0.05) is 12.1 Å². The van der Waals surface area contributed by atoms with Gasteiger partial charge in [0.2, 0.25) is 5.78 Å². The molecule has 8 nitrogen and oxygen atoms in total. The minimum Gasteiger partial charge on any atom is -0.482 e. The van der Waals surface area contributed by atoms with Crippen LogP contribution in [0.2, 0.25) is 0 Å². The van der Waals surface area contributed by atoms with Crippen LogP contribution in [0.4, 0.5) is 0 Å². The summed E-state index contributed by atoms with van der Waals surface area (Å²) in [6.07, 6.45) is -1.09. The van der Waals surface area contributed by atoms with Gasteiger partial charge in [-0.05, 0) is 52.3 Å². The Morgan fingerprint density at radius 2 is 1.83 bits per heavy atom. The number of carbonyl (C=O) groups excluding carboxylic acids is 4. The lowest BCUT2D eigenvalue weighted by Crippen LogP contribution is -2.28. The lowest BCUT2D eigenvalue weighted by molar-refractivity contribution is -0.148. The highest BCUT2D eigenvalue weighted by atomic mass is 16.6. The lowest BCUT2D eigenvalue weighted by atomic mass is 10.1. The summed E-state index contributed by atoms with van der Waals surface area (Å²) in [5.41, 5.74) is 1.88. The monoisotopic (exact) mass is 415 g/mol. The third kappa shape index (κ3) is 5.34. The average molecular weight is 415 g/mol. The van der Waals surface area contributed by atoms with E-state index in [4.69, 9.17) is 14.2 Å². The van der Waals surface area contributed by atoms with E-state index in [0.29, 0.717) is 28.1 Å². The number of Topliss-reactive ketones (excluding diaryl/α,β-unsaturated/α-hetero) is 2. The van der Waals surface area contributed by atoms with Gasteiger partial charge in [0.25, 0.3) is 0 Å². The van der Waals surface area contributed by atoms with Crippen molar-refractivity contribution in [3.63, 3.8) is 0 Å². The first kappa shape index (κ1) is 22.9. The minimum atomic E-state index is -1.09. The fourth-order valence-corrected chi connectivity index (χ4v) is 2.94. The van der Waals surface area contributed by atoms with Crippen LogP contribution in [0.1, 0.15) is 63.2 Å². The summed E-state index contributed by atoms with van der Waals surface area (Å²) in [5.74, 6) is -1.52. The topological polar surface area (TPSA) is 112 Å². The zero-order chi connectivity index (χ0) is 22.4. The third-order valence-corrected chi connectivity index (χ3v) is 4.44. The molecule has 0 bridgehead atoms. The maximum absolute atomic E-state index is 12.7. The van der Waals surface area contributed by atoms with E-state index in [-0.39, 0.29) is 18.1 Å². The predicted octanol–water partition coefficient (Wildman–Crippen LogP) is 3.20. The van der Waals surface area contributed by atoms with Crippen LogP contribution in [0.15, 0.2) is 24.3 Å². The van der Waals surface area contributed by atoms with E-state index in [2.05, 4.69) is 4.98 Å². The largest absolute Gasteiger partial charge is 0.482 e. The van der Waals surface area contributed by atoms with Crippen LogP contribution < -0.4 is 4.74 Å². The number of ether oxygens (including phenoxy) is 3. The number of ketones is 2. The van der Waals surface area contributed by atoms with Crippen LogP contribution in [-0.2, 0) is 14.3 Å². The zero-order valence-electron chi connectivity index (χ0n) is 17.7. The van der Waals surface area contributed by atoms with Gasteiger partial charge in [0.1, 0.15) is 5.75 Å². The van der Waals surface area contributed by atoms with Crippen molar-refractivity contribution in [2.24, 2.45) is 0 Å². The lowest BCUT2D eigenvalue weighted by Gasteiger charge is -2.13. The van der Waals surface area contributed by atoms with Gasteiger partial charge >= 0.3 is 11.9 Å². The first-order valence-electron chi connectivity index (χ1n) is 9.49. The van der Waals surface area contributed by atoms with Crippen molar-refractivity contribution in [3.8, 4) is 5.75 Å². The average Bonchev–Trinajstić information content (AvgIpc) is 3.00. The molecule has 160 valence electrons. The molecule has 2 rings (SSSR count). The summed E-state index contributed by atoms with van der Waals surface area (Å²) in [7, 11) is 0. The Labute approximate surface area is 174 Å². The van der Waals surface area contributed by atoms with Crippen molar-refractivity contribution in [1.29, 1.82) is 0 Å². The number of aromatic amines is 1. The Kier molecular flexibility index (Phi) is 7.52. The number of benzene rings is 1. The normalized spacial score (nSPS) is 11.5. The Morgan fingerprint density at radius 1 is 1.13 bits per heavy atom. The minimum absolute atomic E-state index is 0.124. The molecule has 0 amide bonds. The van der Waals surface area contributed by atoms with Gasteiger partial charge < -0.3 is 19.2 Å². The molecule has 0 aliphatic carbocycles. The first-order chi connectivity index (χ1) is 14.1. The predicted molar refractivity (Wildman–Crippen MR) is 108 cm³/mol. The molecule has 8 heteroatoms. The van der Waals surface area contributed by atoms with E-state index in [9.17, 15) is 19.2 Å². The van der Waals surface area contributed by atoms with E-state index < -0.39 is 30.4 Å². The molecular weight excluding hydrogens is 390 g/mol. The summed E-state index contributed by atoms with van der Waals surface area (Å²) in [6, 6.07) is 6.41. The van der Waals surface area contributed by atoms with Gasteiger partial charge in [0.05, 0.1) is 17.9 Å². The third-order valence-electron chi connectivity index (χ3n) is 4.44. The van der Waals surface area contributed by atoms with Crippen molar-refractivity contribution >= 4 is 23.5 Å². The molecule has 1 N–H and O–H groups in total. The van der Waals surface area contributed by atoms with E-state index in [1.807, 2.05) is 0 Å². The maximum atomic E-state index is 12.7. The smallest absolute Gasteiger partial charge is 0.344 e. The molecule has 0 radical (unpaired) electrons. The highest BCUT2D eigenvalue weighted by Gasteiger charge is 2.27. The van der Waals surface area contributed by atoms with Crippen molar-refractivity contribution in [3.05, 3.63) is 52.3 Å². The molecule has 0 saturated carbocycles. The summed E-state index contributed by atoms with van der Waals surface area (Å²) in [5, 5.41) is 0. The Morgan fingerprint density at radius 3 is 2.47 bits per heavy atom. The zero-order valence-corrected chi connectivity index (χ0v) is 17.7. The summed E-state index contributed by atoms with van der Waals surface area (Å²) in [4.78, 5) is 51.1. The quantitative estimate of drug-likeness (QED) is 0.494. The molecule has 2 aromatic rings. The molecule has 1 atom stereocenters. The number of esters is 2. The van der Waals surface area contributed by atoms with Crippen LogP contribution in [0.25, 0.3) is 0 Å². The van der Waals surface area contributed by atoms with Gasteiger partial charge in [0.15, 0.2) is 18.5 Å². The number of hydrogen-bond donors (Lipinski definition) is 1. The van der Waals surface area contributed by atoms with E-state index in [0.717, 1.165) is 0 Å². The number of hydrogen-bond acceptors (Lipinski definition) is 7. The van der Waals surface area contributed by atoms with E-state index in [1.54, 1.807) is 39.0 Å². The molecule has 30 heavy (non-hydrogen) atoms. The highest BCUT2D eigenvalue weighted by molar-refractivity contribution is 6.04. The molecule has 0 spiro atoms. The van der Waals surface area contributed by atoms with Crippen molar-refractivity contribution in [1.82, 2.24) is 4.98 Å². The summed E-state index contributed by atoms with van der Waals surface area (Å²) < 4.78 is 15.5. The molecule has 0 unspecified atom stereocenters. The molecule has 0 saturated heterocycles. The first-order valence-corrected chi connectivity index (χ1v) is 9.49. The molecule has 0 aliphatic heterocycles. The number of carbonyl (C=O) groups is 4. The number of aryl methyl sites for hydroxylation is 1. The molecule has 1 aromatic heterocycles. The Balaban J connectivity index is 2.01. The van der Waals surface area contributed by atoms with Crippen molar-refractivity contribution < 1.29 is 33.4 Å².